The summed E-state index contributed by atoms with van der Waals surface area (Å²) in [6.45, 7) is -0.651. The molecule has 0 aliphatic rings. The van der Waals surface area contributed by atoms with Crippen molar-refractivity contribution >= 4 is 21.8 Å². The third kappa shape index (κ3) is 2.77. The lowest BCUT2D eigenvalue weighted by Crippen LogP contribution is -2.25. The van der Waals surface area contributed by atoms with Crippen molar-refractivity contribution in [2.24, 2.45) is 0 Å². The second-order valence-electron chi connectivity index (χ2n) is 2.57. The maximum atomic E-state index is 12.8. The maximum absolute atomic E-state index is 12.8. The summed E-state index contributed by atoms with van der Waals surface area (Å²) in [5, 5.41) is 2.34. The Morgan fingerprint density at radius 1 is 1.50 bits per heavy atom. The molecule has 1 aromatic rings. The molecular formula is C9H8BrF2NO. The van der Waals surface area contributed by atoms with Crippen LogP contribution in [0.1, 0.15) is 10.4 Å². The predicted octanol–water partition coefficient (Wildman–Crippen LogP) is 2.29. The number of alkyl halides is 1. The summed E-state index contributed by atoms with van der Waals surface area (Å²) in [7, 11) is 0. The Labute approximate surface area is 88.4 Å². The van der Waals surface area contributed by atoms with Crippen LogP contribution in [0.2, 0.25) is 0 Å². The Kier molecular flexibility index (Phi) is 4.00. The molecule has 0 saturated carbocycles. The standard InChI is InChI=1S/C9H8BrF2NO/c10-7-5-6(1-2-8(7)12)9(14)13-4-3-11/h1-2,5H,3-4H2,(H,13,14). The van der Waals surface area contributed by atoms with Crippen molar-refractivity contribution in [3.05, 3.63) is 34.1 Å². The molecule has 0 radical (unpaired) electrons. The molecule has 0 aliphatic carbocycles. The van der Waals surface area contributed by atoms with E-state index in [2.05, 4.69) is 21.2 Å². The Morgan fingerprint density at radius 3 is 2.79 bits per heavy atom. The van der Waals surface area contributed by atoms with Gasteiger partial charge in [0.2, 0.25) is 0 Å². The minimum atomic E-state index is -0.617. The molecule has 76 valence electrons. The van der Waals surface area contributed by atoms with Crippen LogP contribution in [0.3, 0.4) is 0 Å². The molecule has 0 aliphatic heterocycles. The molecule has 0 bridgehead atoms. The second-order valence-corrected chi connectivity index (χ2v) is 3.43. The lowest BCUT2D eigenvalue weighted by atomic mass is 10.2. The number of rotatable bonds is 3. The Bertz CT molecular complexity index is 344. The Balaban J connectivity index is 2.76. The normalized spacial score (nSPS) is 9.93. The van der Waals surface area contributed by atoms with Gasteiger partial charge in [-0.25, -0.2) is 8.78 Å². The van der Waals surface area contributed by atoms with E-state index in [0.29, 0.717) is 5.56 Å². The molecule has 0 saturated heterocycles. The van der Waals surface area contributed by atoms with Crippen molar-refractivity contribution in [2.75, 3.05) is 13.2 Å². The van der Waals surface area contributed by atoms with Gasteiger partial charge in [-0.15, -0.1) is 0 Å². The van der Waals surface area contributed by atoms with Crippen molar-refractivity contribution in [1.29, 1.82) is 0 Å². The van der Waals surface area contributed by atoms with Gasteiger partial charge < -0.3 is 5.32 Å². The highest BCUT2D eigenvalue weighted by Crippen LogP contribution is 2.16. The number of amides is 1. The van der Waals surface area contributed by atoms with Crippen LogP contribution in [0.25, 0.3) is 0 Å². The molecule has 0 heterocycles. The molecule has 1 rings (SSSR count). The van der Waals surface area contributed by atoms with Crippen LogP contribution < -0.4 is 5.32 Å². The van der Waals surface area contributed by atoms with Gasteiger partial charge in [0, 0.05) is 12.1 Å². The van der Waals surface area contributed by atoms with Crippen LogP contribution in [-0.2, 0) is 0 Å². The topological polar surface area (TPSA) is 29.1 Å². The highest BCUT2D eigenvalue weighted by molar-refractivity contribution is 9.10. The third-order valence-electron chi connectivity index (χ3n) is 1.56. The SMILES string of the molecule is O=C(NCCF)c1ccc(F)c(Br)c1. The van der Waals surface area contributed by atoms with E-state index < -0.39 is 18.4 Å². The van der Waals surface area contributed by atoms with E-state index in [1.54, 1.807) is 0 Å². The molecule has 0 spiro atoms. The van der Waals surface area contributed by atoms with E-state index in [4.69, 9.17) is 0 Å². The molecular weight excluding hydrogens is 256 g/mol. The van der Waals surface area contributed by atoms with Gasteiger partial charge in [-0.1, -0.05) is 0 Å². The minimum absolute atomic E-state index is 0.0339. The molecule has 0 aromatic heterocycles. The number of carbonyl (C=O) groups excluding carboxylic acids is 1. The van der Waals surface area contributed by atoms with Crippen molar-refractivity contribution in [3.63, 3.8) is 0 Å². The van der Waals surface area contributed by atoms with Gasteiger partial charge in [0.25, 0.3) is 5.91 Å². The van der Waals surface area contributed by atoms with E-state index in [-0.39, 0.29) is 11.0 Å². The summed E-state index contributed by atoms with van der Waals surface area (Å²) in [4.78, 5) is 11.2. The lowest BCUT2D eigenvalue weighted by molar-refractivity contribution is 0.0950. The van der Waals surface area contributed by atoms with Crippen LogP contribution in [0.5, 0.6) is 0 Å². The molecule has 1 N–H and O–H groups in total. The van der Waals surface area contributed by atoms with Crippen molar-refractivity contribution in [1.82, 2.24) is 5.32 Å². The summed E-state index contributed by atoms with van der Waals surface area (Å²) in [5.74, 6) is -0.851. The number of benzene rings is 1. The van der Waals surface area contributed by atoms with Crippen molar-refractivity contribution < 1.29 is 13.6 Å². The smallest absolute Gasteiger partial charge is 0.251 e. The fourth-order valence-corrected chi connectivity index (χ4v) is 1.28. The summed E-state index contributed by atoms with van der Waals surface area (Å²) in [5.41, 5.74) is 0.298. The Morgan fingerprint density at radius 2 is 2.21 bits per heavy atom. The van der Waals surface area contributed by atoms with Crippen LogP contribution >= 0.6 is 15.9 Å². The lowest BCUT2D eigenvalue weighted by Gasteiger charge is -2.03. The van der Waals surface area contributed by atoms with E-state index in [9.17, 15) is 13.6 Å². The van der Waals surface area contributed by atoms with Gasteiger partial charge in [-0.2, -0.15) is 0 Å². The number of nitrogens with one attached hydrogen (secondary N) is 1. The van der Waals surface area contributed by atoms with Crippen molar-refractivity contribution in [3.8, 4) is 0 Å². The fraction of sp³-hybridized carbons (Fsp3) is 0.222. The summed E-state index contributed by atoms with van der Waals surface area (Å²) < 4.78 is 24.7. The third-order valence-corrected chi connectivity index (χ3v) is 2.17. The maximum Gasteiger partial charge on any atom is 0.251 e. The molecule has 2 nitrogen and oxygen atoms in total. The Hall–Kier alpha value is -0.970. The summed E-state index contributed by atoms with van der Waals surface area (Å²) in [6.07, 6.45) is 0. The van der Waals surface area contributed by atoms with E-state index in [1.165, 1.54) is 18.2 Å². The highest BCUT2D eigenvalue weighted by atomic mass is 79.9. The van der Waals surface area contributed by atoms with Crippen LogP contribution in [-0.4, -0.2) is 19.1 Å². The monoisotopic (exact) mass is 263 g/mol. The number of halogens is 3. The molecule has 1 aromatic carbocycles. The predicted molar refractivity (Wildman–Crippen MR) is 52.4 cm³/mol. The molecule has 0 unspecified atom stereocenters. The number of hydrogen-bond acceptors (Lipinski definition) is 1. The average molecular weight is 264 g/mol. The second kappa shape index (κ2) is 5.05. The minimum Gasteiger partial charge on any atom is -0.349 e. The first-order valence-corrected chi connectivity index (χ1v) is 4.73. The van der Waals surface area contributed by atoms with Gasteiger partial charge in [0.1, 0.15) is 12.5 Å². The molecule has 14 heavy (non-hydrogen) atoms. The highest BCUT2D eigenvalue weighted by Gasteiger charge is 2.07. The average Bonchev–Trinajstić information content (AvgIpc) is 2.18. The van der Waals surface area contributed by atoms with E-state index in [0.717, 1.165) is 0 Å². The largest absolute Gasteiger partial charge is 0.349 e. The zero-order valence-corrected chi connectivity index (χ0v) is 8.77. The quantitative estimate of drug-likeness (QED) is 0.891. The first-order chi connectivity index (χ1) is 6.65. The summed E-state index contributed by atoms with van der Waals surface area (Å²) >= 11 is 2.95. The van der Waals surface area contributed by atoms with Crippen LogP contribution in [0.15, 0.2) is 22.7 Å². The van der Waals surface area contributed by atoms with Gasteiger partial charge in [-0.05, 0) is 34.1 Å². The zero-order valence-electron chi connectivity index (χ0n) is 7.19. The molecule has 0 fully saturated rings. The van der Waals surface area contributed by atoms with Crippen LogP contribution in [0, 0.1) is 5.82 Å². The van der Waals surface area contributed by atoms with E-state index in [1.807, 2.05) is 0 Å². The van der Waals surface area contributed by atoms with Gasteiger partial charge >= 0.3 is 0 Å². The molecule has 1 amide bonds. The zero-order chi connectivity index (χ0) is 10.6. The number of hydrogen-bond donors (Lipinski definition) is 1. The fourth-order valence-electron chi connectivity index (χ4n) is 0.900. The summed E-state index contributed by atoms with van der Waals surface area (Å²) in [6, 6.07) is 3.87. The first-order valence-electron chi connectivity index (χ1n) is 3.94. The van der Waals surface area contributed by atoms with Gasteiger partial charge in [0.05, 0.1) is 4.47 Å². The molecule has 5 heteroatoms. The first kappa shape index (κ1) is 11.1. The number of carbonyl (C=O) groups is 1. The van der Waals surface area contributed by atoms with Crippen molar-refractivity contribution in [2.45, 2.75) is 0 Å². The van der Waals surface area contributed by atoms with E-state index >= 15 is 0 Å². The van der Waals surface area contributed by atoms with Gasteiger partial charge in [-0.3, -0.25) is 4.79 Å². The van der Waals surface area contributed by atoms with Crippen LogP contribution in [0.4, 0.5) is 8.78 Å². The molecule has 0 atom stereocenters. The van der Waals surface area contributed by atoms with Gasteiger partial charge in [0.15, 0.2) is 0 Å².